The Morgan fingerprint density at radius 3 is 2.63 bits per heavy atom. The van der Waals surface area contributed by atoms with Crippen LogP contribution in [0.25, 0.3) is 0 Å². The van der Waals surface area contributed by atoms with Crippen LogP contribution in [0.1, 0.15) is 24.3 Å². The van der Waals surface area contributed by atoms with Crippen LogP contribution in [0.2, 0.25) is 10.0 Å². The summed E-state index contributed by atoms with van der Waals surface area (Å²) >= 11 is 15.4. The van der Waals surface area contributed by atoms with Gasteiger partial charge in [-0.1, -0.05) is 36.2 Å². The van der Waals surface area contributed by atoms with Gasteiger partial charge in [0.15, 0.2) is 4.67 Å². The van der Waals surface area contributed by atoms with Gasteiger partial charge < -0.3 is 9.73 Å². The van der Waals surface area contributed by atoms with Crippen molar-refractivity contribution >= 4 is 39.1 Å². The highest BCUT2D eigenvalue weighted by Gasteiger charge is 2.16. The zero-order valence-electron chi connectivity index (χ0n) is 10.4. The van der Waals surface area contributed by atoms with Crippen LogP contribution in [0.4, 0.5) is 0 Å². The van der Waals surface area contributed by atoms with Crippen LogP contribution < -0.4 is 5.32 Å². The van der Waals surface area contributed by atoms with Gasteiger partial charge in [-0.25, -0.2) is 0 Å². The summed E-state index contributed by atoms with van der Waals surface area (Å²) in [5, 5.41) is 4.73. The molecule has 1 N–H and O–H groups in total. The van der Waals surface area contributed by atoms with Crippen molar-refractivity contribution < 1.29 is 4.42 Å². The Bertz CT molecular complexity index is 556. The van der Waals surface area contributed by atoms with E-state index in [1.165, 1.54) is 0 Å². The maximum Gasteiger partial charge on any atom is 0.169 e. The predicted octanol–water partition coefficient (Wildman–Crippen LogP) is 5.24. The summed E-state index contributed by atoms with van der Waals surface area (Å²) in [7, 11) is 0. The van der Waals surface area contributed by atoms with Crippen molar-refractivity contribution in [1.82, 2.24) is 5.32 Å². The van der Waals surface area contributed by atoms with Crippen molar-refractivity contribution in [2.75, 3.05) is 6.54 Å². The predicted molar refractivity (Wildman–Crippen MR) is 83.0 cm³/mol. The molecule has 1 heterocycles. The monoisotopic (exact) mass is 361 g/mol. The van der Waals surface area contributed by atoms with Crippen molar-refractivity contribution in [3.8, 4) is 0 Å². The molecular weight excluding hydrogens is 349 g/mol. The van der Waals surface area contributed by atoms with E-state index in [-0.39, 0.29) is 6.04 Å². The van der Waals surface area contributed by atoms with Crippen LogP contribution >= 0.6 is 39.1 Å². The standard InChI is InChI=1S/C14H14BrCl2NO/c1-2-18-12(13-5-6-14(15)19-13)7-9-3-4-10(16)8-11(9)17/h3-6,8,12,18H,2,7H2,1H3. The number of likely N-dealkylation sites (N-methyl/N-ethyl adjacent to an activating group) is 1. The number of hydrogen-bond acceptors (Lipinski definition) is 2. The number of nitrogens with one attached hydrogen (secondary N) is 1. The Morgan fingerprint density at radius 1 is 1.26 bits per heavy atom. The van der Waals surface area contributed by atoms with Gasteiger partial charge in [0.05, 0.1) is 6.04 Å². The highest BCUT2D eigenvalue weighted by atomic mass is 79.9. The molecule has 1 aromatic heterocycles. The topological polar surface area (TPSA) is 25.2 Å². The first-order chi connectivity index (χ1) is 9.10. The molecule has 0 fully saturated rings. The number of hydrogen-bond donors (Lipinski definition) is 1. The van der Waals surface area contributed by atoms with Crippen molar-refractivity contribution in [3.05, 3.63) is 56.4 Å². The van der Waals surface area contributed by atoms with Crippen molar-refractivity contribution in [1.29, 1.82) is 0 Å². The fourth-order valence-electron chi connectivity index (χ4n) is 1.94. The summed E-state index contributed by atoms with van der Waals surface area (Å²) in [6.45, 7) is 2.92. The summed E-state index contributed by atoms with van der Waals surface area (Å²) in [4.78, 5) is 0. The summed E-state index contributed by atoms with van der Waals surface area (Å²) < 4.78 is 6.35. The van der Waals surface area contributed by atoms with Gasteiger partial charge in [0, 0.05) is 10.0 Å². The van der Waals surface area contributed by atoms with Crippen LogP contribution in [-0.2, 0) is 6.42 Å². The van der Waals surface area contributed by atoms with E-state index in [4.69, 9.17) is 27.6 Å². The Kier molecular flexibility index (Phi) is 5.34. The van der Waals surface area contributed by atoms with E-state index in [1.54, 1.807) is 6.07 Å². The number of furan rings is 1. The van der Waals surface area contributed by atoms with E-state index >= 15 is 0 Å². The normalized spacial score (nSPS) is 12.6. The average Bonchev–Trinajstić information content (AvgIpc) is 2.78. The van der Waals surface area contributed by atoms with E-state index in [2.05, 4.69) is 28.2 Å². The first-order valence-electron chi connectivity index (χ1n) is 6.02. The second kappa shape index (κ2) is 6.80. The fraction of sp³-hybridized carbons (Fsp3) is 0.286. The average molecular weight is 363 g/mol. The highest BCUT2D eigenvalue weighted by molar-refractivity contribution is 9.10. The highest BCUT2D eigenvalue weighted by Crippen LogP contribution is 2.28. The van der Waals surface area contributed by atoms with Gasteiger partial charge >= 0.3 is 0 Å². The molecule has 0 bridgehead atoms. The van der Waals surface area contributed by atoms with Gasteiger partial charge in [0.1, 0.15) is 5.76 Å². The van der Waals surface area contributed by atoms with Crippen LogP contribution in [0.5, 0.6) is 0 Å². The van der Waals surface area contributed by atoms with E-state index in [0.717, 1.165) is 29.0 Å². The SMILES string of the molecule is CCNC(Cc1ccc(Cl)cc1Cl)c1ccc(Br)o1. The third kappa shape index (κ3) is 3.99. The third-order valence-electron chi connectivity index (χ3n) is 2.83. The molecule has 1 aromatic carbocycles. The van der Waals surface area contributed by atoms with Gasteiger partial charge in [-0.15, -0.1) is 0 Å². The molecule has 0 saturated carbocycles. The summed E-state index contributed by atoms with van der Waals surface area (Å²) in [5.41, 5.74) is 1.05. The lowest BCUT2D eigenvalue weighted by atomic mass is 10.0. The van der Waals surface area contributed by atoms with Crippen LogP contribution in [0, 0.1) is 0 Å². The minimum atomic E-state index is 0.0926. The zero-order valence-corrected chi connectivity index (χ0v) is 13.5. The lowest BCUT2D eigenvalue weighted by Gasteiger charge is -2.16. The van der Waals surface area contributed by atoms with Gasteiger partial charge in [0.2, 0.25) is 0 Å². The molecule has 1 unspecified atom stereocenters. The first kappa shape index (κ1) is 14.9. The first-order valence-corrected chi connectivity index (χ1v) is 7.57. The summed E-state index contributed by atoms with van der Waals surface area (Å²) in [6, 6.07) is 9.51. The smallest absolute Gasteiger partial charge is 0.169 e. The molecule has 2 rings (SSSR count). The number of halogens is 3. The molecule has 2 aromatic rings. The lowest BCUT2D eigenvalue weighted by molar-refractivity contribution is 0.405. The molecule has 19 heavy (non-hydrogen) atoms. The van der Waals surface area contributed by atoms with Crippen LogP contribution in [-0.4, -0.2) is 6.54 Å². The quantitative estimate of drug-likeness (QED) is 0.786. The minimum Gasteiger partial charge on any atom is -0.453 e. The van der Waals surface area contributed by atoms with Crippen molar-refractivity contribution in [2.45, 2.75) is 19.4 Å². The van der Waals surface area contributed by atoms with Crippen molar-refractivity contribution in [2.24, 2.45) is 0 Å². The molecule has 102 valence electrons. The van der Waals surface area contributed by atoms with E-state index < -0.39 is 0 Å². The molecule has 5 heteroatoms. The molecule has 0 aliphatic rings. The Morgan fingerprint density at radius 2 is 2.05 bits per heavy atom. The maximum atomic E-state index is 6.21. The molecule has 0 saturated heterocycles. The molecule has 0 aliphatic heterocycles. The lowest BCUT2D eigenvalue weighted by Crippen LogP contribution is -2.22. The summed E-state index contributed by atoms with van der Waals surface area (Å²) in [6.07, 6.45) is 0.754. The van der Waals surface area contributed by atoms with Crippen LogP contribution in [0.15, 0.2) is 39.4 Å². The van der Waals surface area contributed by atoms with Gasteiger partial charge in [-0.05, 0) is 58.7 Å². The summed E-state index contributed by atoms with van der Waals surface area (Å²) in [5.74, 6) is 0.889. The largest absolute Gasteiger partial charge is 0.453 e. The maximum absolute atomic E-state index is 6.21. The number of rotatable bonds is 5. The molecular formula is C14H14BrCl2NO. The van der Waals surface area contributed by atoms with E-state index in [0.29, 0.717) is 10.0 Å². The van der Waals surface area contributed by atoms with E-state index in [1.807, 2.05) is 24.3 Å². The molecule has 0 radical (unpaired) electrons. The molecule has 1 atom stereocenters. The van der Waals surface area contributed by atoms with Gasteiger partial charge in [-0.3, -0.25) is 0 Å². The molecule has 0 aliphatic carbocycles. The fourth-order valence-corrected chi connectivity index (χ4v) is 2.75. The minimum absolute atomic E-state index is 0.0926. The molecule has 0 amide bonds. The molecule has 0 spiro atoms. The number of benzene rings is 1. The Balaban J connectivity index is 2.21. The third-order valence-corrected chi connectivity index (χ3v) is 3.84. The second-order valence-corrected chi connectivity index (χ2v) is 5.82. The Hall–Kier alpha value is -0.480. The van der Waals surface area contributed by atoms with E-state index in [9.17, 15) is 0 Å². The van der Waals surface area contributed by atoms with Gasteiger partial charge in [0.25, 0.3) is 0 Å². The molecule has 2 nitrogen and oxygen atoms in total. The zero-order chi connectivity index (χ0) is 13.8. The Labute approximate surface area is 131 Å². The van der Waals surface area contributed by atoms with Gasteiger partial charge in [-0.2, -0.15) is 0 Å². The second-order valence-electron chi connectivity index (χ2n) is 4.19. The van der Waals surface area contributed by atoms with Crippen molar-refractivity contribution in [3.63, 3.8) is 0 Å². The van der Waals surface area contributed by atoms with Crippen LogP contribution in [0.3, 0.4) is 0 Å².